The number of anilines is 4. The summed E-state index contributed by atoms with van der Waals surface area (Å²) in [5.74, 6) is 0.896. The molecule has 7 nitrogen and oxygen atoms in total. The highest BCUT2D eigenvalue weighted by Crippen LogP contribution is 2.20. The highest BCUT2D eigenvalue weighted by atomic mass is 19.1. The number of carbonyl (C=O) groups excluding carboxylic acids is 1. The van der Waals surface area contributed by atoms with Gasteiger partial charge in [-0.3, -0.25) is 4.79 Å². The van der Waals surface area contributed by atoms with Gasteiger partial charge in [-0.1, -0.05) is 12.1 Å². The van der Waals surface area contributed by atoms with Gasteiger partial charge in [0.2, 0.25) is 5.95 Å². The number of nitrogens with one attached hydrogen (secondary N) is 1. The fraction of sp³-hybridized carbons (Fsp3) is 0.238. The van der Waals surface area contributed by atoms with Gasteiger partial charge in [0.25, 0.3) is 0 Å². The normalized spacial score (nSPS) is 14.0. The predicted molar refractivity (Wildman–Crippen MR) is 110 cm³/mol. The first-order valence-corrected chi connectivity index (χ1v) is 9.42. The quantitative estimate of drug-likeness (QED) is 0.668. The van der Waals surface area contributed by atoms with Gasteiger partial charge in [-0.15, -0.1) is 5.10 Å². The van der Waals surface area contributed by atoms with E-state index in [1.54, 1.807) is 30.5 Å². The van der Waals surface area contributed by atoms with E-state index in [1.807, 2.05) is 12.1 Å². The molecule has 1 saturated heterocycles. The van der Waals surface area contributed by atoms with E-state index in [1.165, 1.54) is 19.1 Å². The van der Waals surface area contributed by atoms with Crippen LogP contribution in [0.15, 0.2) is 54.7 Å². The number of rotatable bonds is 5. The van der Waals surface area contributed by atoms with Gasteiger partial charge in [-0.25, -0.2) is 4.39 Å². The number of halogens is 1. The minimum Gasteiger partial charge on any atom is -0.368 e. The Labute approximate surface area is 168 Å². The number of aromatic nitrogens is 3. The highest BCUT2D eigenvalue weighted by molar-refractivity contribution is 5.95. The lowest BCUT2D eigenvalue weighted by molar-refractivity contribution is 0.101. The Morgan fingerprint density at radius 2 is 1.76 bits per heavy atom. The van der Waals surface area contributed by atoms with Crippen LogP contribution in [0.5, 0.6) is 0 Å². The zero-order valence-corrected chi connectivity index (χ0v) is 16.0. The number of nitrogens with zero attached hydrogens (tertiary/aromatic N) is 5. The van der Waals surface area contributed by atoms with Crippen molar-refractivity contribution in [3.63, 3.8) is 0 Å². The predicted octanol–water partition coefficient (Wildman–Crippen LogP) is 3.28. The molecule has 0 saturated carbocycles. The molecule has 0 atom stereocenters. The SMILES string of the molecule is CC(=O)c1cccc(Nc2cnnc(N3CCN(c4ccc(F)cc4)CC3)n2)c1. The van der Waals surface area contributed by atoms with Crippen LogP contribution in [0.3, 0.4) is 0 Å². The minimum absolute atomic E-state index is 0.00850. The molecular formula is C21H21FN6O. The van der Waals surface area contributed by atoms with Gasteiger partial charge >= 0.3 is 0 Å². The molecule has 0 spiro atoms. The largest absolute Gasteiger partial charge is 0.368 e. The van der Waals surface area contributed by atoms with Crippen molar-refractivity contribution < 1.29 is 9.18 Å². The lowest BCUT2D eigenvalue weighted by atomic mass is 10.1. The molecule has 1 N–H and O–H groups in total. The molecule has 1 aliphatic heterocycles. The summed E-state index contributed by atoms with van der Waals surface area (Å²) in [5, 5.41) is 11.4. The van der Waals surface area contributed by atoms with Crippen LogP contribution in [0.2, 0.25) is 0 Å². The Bertz CT molecular complexity index is 1000. The van der Waals surface area contributed by atoms with Crippen molar-refractivity contribution in [3.05, 3.63) is 66.1 Å². The molecule has 0 amide bonds. The Morgan fingerprint density at radius 1 is 1.03 bits per heavy atom. The molecule has 0 unspecified atom stereocenters. The minimum atomic E-state index is -0.231. The van der Waals surface area contributed by atoms with E-state index in [9.17, 15) is 9.18 Å². The monoisotopic (exact) mass is 392 g/mol. The zero-order chi connectivity index (χ0) is 20.2. The van der Waals surface area contributed by atoms with Crippen molar-refractivity contribution in [1.29, 1.82) is 0 Å². The number of carbonyl (C=O) groups is 1. The van der Waals surface area contributed by atoms with Gasteiger partial charge in [0.15, 0.2) is 11.6 Å². The van der Waals surface area contributed by atoms with Crippen LogP contribution in [0.4, 0.5) is 27.5 Å². The van der Waals surface area contributed by atoms with E-state index in [-0.39, 0.29) is 11.6 Å². The average Bonchev–Trinajstić information content (AvgIpc) is 2.75. The Kier molecular flexibility index (Phi) is 5.33. The summed E-state index contributed by atoms with van der Waals surface area (Å²) >= 11 is 0. The summed E-state index contributed by atoms with van der Waals surface area (Å²) in [7, 11) is 0. The molecule has 148 valence electrons. The van der Waals surface area contributed by atoms with Crippen molar-refractivity contribution in [1.82, 2.24) is 15.2 Å². The van der Waals surface area contributed by atoms with Crippen molar-refractivity contribution in [2.24, 2.45) is 0 Å². The van der Waals surface area contributed by atoms with Crippen LogP contribution in [0, 0.1) is 5.82 Å². The summed E-state index contributed by atoms with van der Waals surface area (Å²) in [5.41, 5.74) is 2.41. The van der Waals surface area contributed by atoms with Crippen molar-refractivity contribution in [3.8, 4) is 0 Å². The molecule has 0 bridgehead atoms. The molecule has 29 heavy (non-hydrogen) atoms. The first kappa shape index (κ1) is 18.8. The smallest absolute Gasteiger partial charge is 0.247 e. The molecule has 1 aliphatic rings. The second-order valence-electron chi connectivity index (χ2n) is 6.85. The van der Waals surface area contributed by atoms with Gasteiger partial charge in [-0.2, -0.15) is 10.1 Å². The van der Waals surface area contributed by atoms with Crippen molar-refractivity contribution in [2.75, 3.05) is 41.3 Å². The summed E-state index contributed by atoms with van der Waals surface area (Å²) < 4.78 is 13.1. The molecule has 3 aromatic rings. The van der Waals surface area contributed by atoms with E-state index in [0.717, 1.165) is 37.6 Å². The number of ketones is 1. The van der Waals surface area contributed by atoms with Crippen molar-refractivity contribution >= 4 is 28.9 Å². The summed E-state index contributed by atoms with van der Waals surface area (Å²) in [6, 6.07) is 13.8. The lowest BCUT2D eigenvalue weighted by Gasteiger charge is -2.35. The molecule has 2 aromatic carbocycles. The van der Waals surface area contributed by atoms with Crippen LogP contribution in [-0.4, -0.2) is 47.1 Å². The van der Waals surface area contributed by atoms with E-state index < -0.39 is 0 Å². The third-order valence-electron chi connectivity index (χ3n) is 4.84. The molecule has 0 radical (unpaired) electrons. The number of piperazine rings is 1. The van der Waals surface area contributed by atoms with E-state index in [2.05, 4.69) is 30.3 Å². The number of hydrogen-bond donors (Lipinski definition) is 1. The second-order valence-corrected chi connectivity index (χ2v) is 6.85. The zero-order valence-electron chi connectivity index (χ0n) is 16.0. The third kappa shape index (κ3) is 4.48. The van der Waals surface area contributed by atoms with Gasteiger partial charge in [0.05, 0.1) is 6.20 Å². The highest BCUT2D eigenvalue weighted by Gasteiger charge is 2.20. The van der Waals surface area contributed by atoms with Crippen LogP contribution in [0.25, 0.3) is 0 Å². The third-order valence-corrected chi connectivity index (χ3v) is 4.84. The van der Waals surface area contributed by atoms with Crippen LogP contribution in [0.1, 0.15) is 17.3 Å². The van der Waals surface area contributed by atoms with Crippen molar-refractivity contribution in [2.45, 2.75) is 6.92 Å². The topological polar surface area (TPSA) is 74.2 Å². The lowest BCUT2D eigenvalue weighted by Crippen LogP contribution is -2.47. The molecule has 8 heteroatoms. The van der Waals surface area contributed by atoms with Gasteiger partial charge in [-0.05, 0) is 43.3 Å². The molecule has 1 fully saturated rings. The van der Waals surface area contributed by atoms with Gasteiger partial charge in [0, 0.05) is 43.1 Å². The maximum absolute atomic E-state index is 13.1. The van der Waals surface area contributed by atoms with Crippen LogP contribution in [-0.2, 0) is 0 Å². The van der Waals surface area contributed by atoms with Crippen LogP contribution >= 0.6 is 0 Å². The Balaban J connectivity index is 1.42. The first-order valence-electron chi connectivity index (χ1n) is 9.42. The maximum atomic E-state index is 13.1. The maximum Gasteiger partial charge on any atom is 0.247 e. The second kappa shape index (κ2) is 8.22. The fourth-order valence-corrected chi connectivity index (χ4v) is 3.27. The number of hydrogen-bond acceptors (Lipinski definition) is 7. The summed E-state index contributed by atoms with van der Waals surface area (Å²) in [6.45, 7) is 4.58. The Hall–Kier alpha value is -3.55. The van der Waals surface area contributed by atoms with E-state index >= 15 is 0 Å². The summed E-state index contributed by atoms with van der Waals surface area (Å²) in [6.07, 6.45) is 1.55. The molecule has 1 aromatic heterocycles. The summed E-state index contributed by atoms with van der Waals surface area (Å²) in [4.78, 5) is 20.4. The van der Waals surface area contributed by atoms with E-state index in [4.69, 9.17) is 0 Å². The molecule has 2 heterocycles. The van der Waals surface area contributed by atoms with Gasteiger partial charge < -0.3 is 15.1 Å². The molecule has 4 rings (SSSR count). The fourth-order valence-electron chi connectivity index (χ4n) is 3.27. The van der Waals surface area contributed by atoms with Crippen LogP contribution < -0.4 is 15.1 Å². The molecular weight excluding hydrogens is 371 g/mol. The number of benzene rings is 2. The molecule has 0 aliphatic carbocycles. The number of Topliss-reactive ketones (excluding diaryl/α,β-unsaturated/α-hetero) is 1. The average molecular weight is 392 g/mol. The standard InChI is InChI=1S/C21H21FN6O/c1-15(29)16-3-2-4-18(13-16)24-20-14-23-26-21(25-20)28-11-9-27(10-12-28)19-7-5-17(22)6-8-19/h2-8,13-14H,9-12H2,1H3,(H,24,25,26). The van der Waals surface area contributed by atoms with Gasteiger partial charge in [0.1, 0.15) is 5.82 Å². The van der Waals surface area contributed by atoms with E-state index in [0.29, 0.717) is 17.3 Å². The Morgan fingerprint density at radius 3 is 2.48 bits per heavy atom. The first-order chi connectivity index (χ1) is 14.1.